The van der Waals surface area contributed by atoms with Crippen LogP contribution in [0, 0.1) is 5.41 Å². The first kappa shape index (κ1) is 16.0. The molecule has 1 atom stereocenters. The lowest BCUT2D eigenvalue weighted by molar-refractivity contribution is 0.233. The first-order valence-electron chi connectivity index (χ1n) is 7.97. The van der Waals surface area contributed by atoms with E-state index in [1.807, 2.05) is 11.3 Å². The fraction of sp³-hybridized carbons (Fsp3) is 0.765. The normalized spacial score (nSPS) is 17.0. The minimum absolute atomic E-state index is 0.258. The second kappa shape index (κ2) is 7.06. The number of fused-ring (bicyclic) bond motifs is 1. The average Bonchev–Trinajstić information content (AvgIpc) is 2.86. The molecule has 2 rings (SSSR count). The molecule has 0 spiro atoms. The largest absolute Gasteiger partial charge is 0.396 e. The molecule has 1 aromatic heterocycles. The molecule has 0 bridgehead atoms. The minimum atomic E-state index is 0.258. The van der Waals surface area contributed by atoms with Gasteiger partial charge in [-0.3, -0.25) is 0 Å². The molecule has 0 saturated carbocycles. The number of aliphatic hydroxyl groups excluding tert-OH is 1. The van der Waals surface area contributed by atoms with E-state index in [0.29, 0.717) is 12.6 Å². The smallest absolute Gasteiger partial charge is 0.0431 e. The number of nitrogens with one attached hydrogen (secondary N) is 1. The van der Waals surface area contributed by atoms with E-state index < -0.39 is 0 Å². The Labute approximate surface area is 127 Å². The summed E-state index contributed by atoms with van der Waals surface area (Å²) in [5.41, 5.74) is 1.86. The van der Waals surface area contributed by atoms with Crippen LogP contribution in [0.3, 0.4) is 0 Å². The van der Waals surface area contributed by atoms with Gasteiger partial charge in [0, 0.05) is 28.9 Å². The second-order valence-corrected chi connectivity index (χ2v) is 8.07. The second-order valence-electron chi connectivity index (χ2n) is 6.90. The third-order valence-corrected chi connectivity index (χ3v) is 5.76. The summed E-state index contributed by atoms with van der Waals surface area (Å²) in [5, 5.41) is 12.6. The van der Waals surface area contributed by atoms with E-state index in [4.69, 9.17) is 5.11 Å². The van der Waals surface area contributed by atoms with Crippen LogP contribution >= 0.6 is 11.3 Å². The Bertz CT molecular complexity index is 401. The van der Waals surface area contributed by atoms with Gasteiger partial charge in [-0.05, 0) is 62.5 Å². The fourth-order valence-corrected chi connectivity index (χ4v) is 4.19. The summed E-state index contributed by atoms with van der Waals surface area (Å²) in [5.74, 6) is 0. The van der Waals surface area contributed by atoms with Gasteiger partial charge in [0.25, 0.3) is 0 Å². The number of hydrogen-bond donors (Lipinski definition) is 2. The zero-order chi connectivity index (χ0) is 14.6. The SMILES string of the molecule is CC(NCC(C)(C)CCCO)c1cc2c(s1)CCCC2. The number of aryl methyl sites for hydroxylation is 2. The van der Waals surface area contributed by atoms with Gasteiger partial charge in [0.15, 0.2) is 0 Å². The van der Waals surface area contributed by atoms with Crippen LogP contribution < -0.4 is 5.32 Å². The van der Waals surface area contributed by atoms with Gasteiger partial charge in [0.1, 0.15) is 0 Å². The summed E-state index contributed by atoms with van der Waals surface area (Å²) in [6.45, 7) is 8.15. The first-order chi connectivity index (χ1) is 9.52. The van der Waals surface area contributed by atoms with Gasteiger partial charge in [0.2, 0.25) is 0 Å². The van der Waals surface area contributed by atoms with E-state index in [0.717, 1.165) is 19.4 Å². The highest BCUT2D eigenvalue weighted by Crippen LogP contribution is 2.33. The van der Waals surface area contributed by atoms with Gasteiger partial charge < -0.3 is 10.4 Å². The highest BCUT2D eigenvalue weighted by Gasteiger charge is 2.20. The molecule has 114 valence electrons. The Morgan fingerprint density at radius 3 is 2.80 bits per heavy atom. The molecule has 20 heavy (non-hydrogen) atoms. The highest BCUT2D eigenvalue weighted by molar-refractivity contribution is 7.12. The number of thiophene rings is 1. The lowest BCUT2D eigenvalue weighted by Crippen LogP contribution is -2.31. The van der Waals surface area contributed by atoms with Crippen LogP contribution in [0.4, 0.5) is 0 Å². The van der Waals surface area contributed by atoms with Gasteiger partial charge in [-0.1, -0.05) is 13.8 Å². The zero-order valence-electron chi connectivity index (χ0n) is 13.2. The van der Waals surface area contributed by atoms with Crippen LogP contribution in [0.25, 0.3) is 0 Å². The fourth-order valence-electron chi connectivity index (χ4n) is 2.90. The van der Waals surface area contributed by atoms with Crippen molar-refractivity contribution in [3.8, 4) is 0 Å². The average molecular weight is 295 g/mol. The minimum Gasteiger partial charge on any atom is -0.396 e. The van der Waals surface area contributed by atoms with Gasteiger partial charge in [-0.25, -0.2) is 0 Å². The molecule has 3 heteroatoms. The van der Waals surface area contributed by atoms with E-state index in [1.165, 1.54) is 30.6 Å². The molecule has 1 aromatic rings. The Morgan fingerprint density at radius 2 is 2.10 bits per heavy atom. The number of rotatable bonds is 7. The molecule has 1 heterocycles. The van der Waals surface area contributed by atoms with Gasteiger partial charge in [0.05, 0.1) is 0 Å². The van der Waals surface area contributed by atoms with Crippen LogP contribution in [0.1, 0.15) is 67.8 Å². The lowest BCUT2D eigenvalue weighted by Gasteiger charge is -2.26. The summed E-state index contributed by atoms with van der Waals surface area (Å²) >= 11 is 2.01. The predicted octanol–water partition coefficient (Wildman–Crippen LogP) is 4.08. The zero-order valence-corrected chi connectivity index (χ0v) is 14.0. The molecule has 0 aliphatic heterocycles. The maximum atomic E-state index is 8.96. The van der Waals surface area contributed by atoms with Crippen molar-refractivity contribution in [2.75, 3.05) is 13.2 Å². The molecule has 1 aliphatic rings. The summed E-state index contributed by atoms with van der Waals surface area (Å²) in [6, 6.07) is 2.87. The van der Waals surface area contributed by atoms with E-state index in [-0.39, 0.29) is 5.41 Å². The third kappa shape index (κ3) is 4.31. The Hall–Kier alpha value is -0.380. The maximum Gasteiger partial charge on any atom is 0.0431 e. The van der Waals surface area contributed by atoms with Crippen molar-refractivity contribution in [3.05, 3.63) is 21.4 Å². The quantitative estimate of drug-likeness (QED) is 0.794. The van der Waals surface area contributed by atoms with E-state index >= 15 is 0 Å². The molecule has 0 amide bonds. The van der Waals surface area contributed by atoms with E-state index in [2.05, 4.69) is 32.2 Å². The van der Waals surface area contributed by atoms with Crippen molar-refractivity contribution < 1.29 is 5.11 Å². The van der Waals surface area contributed by atoms with Crippen molar-refractivity contribution in [2.45, 2.75) is 65.3 Å². The van der Waals surface area contributed by atoms with Crippen LogP contribution in [-0.2, 0) is 12.8 Å². The van der Waals surface area contributed by atoms with Crippen LogP contribution in [-0.4, -0.2) is 18.3 Å². The van der Waals surface area contributed by atoms with Gasteiger partial charge in [-0.2, -0.15) is 0 Å². The van der Waals surface area contributed by atoms with Crippen molar-refractivity contribution in [3.63, 3.8) is 0 Å². The molecule has 0 saturated heterocycles. The lowest BCUT2D eigenvalue weighted by atomic mass is 9.87. The first-order valence-corrected chi connectivity index (χ1v) is 8.79. The van der Waals surface area contributed by atoms with Gasteiger partial charge >= 0.3 is 0 Å². The van der Waals surface area contributed by atoms with E-state index in [9.17, 15) is 0 Å². The molecule has 1 aliphatic carbocycles. The van der Waals surface area contributed by atoms with Crippen molar-refractivity contribution in [2.24, 2.45) is 5.41 Å². The van der Waals surface area contributed by atoms with Crippen molar-refractivity contribution in [1.82, 2.24) is 5.32 Å². The summed E-state index contributed by atoms with van der Waals surface area (Å²) in [7, 11) is 0. The topological polar surface area (TPSA) is 32.3 Å². The molecule has 0 fully saturated rings. The monoisotopic (exact) mass is 295 g/mol. The maximum absolute atomic E-state index is 8.96. The van der Waals surface area contributed by atoms with Crippen LogP contribution in [0.15, 0.2) is 6.07 Å². The Kier molecular flexibility index (Phi) is 5.65. The number of aliphatic hydroxyl groups is 1. The van der Waals surface area contributed by atoms with Crippen molar-refractivity contribution >= 4 is 11.3 Å². The highest BCUT2D eigenvalue weighted by atomic mass is 32.1. The summed E-state index contributed by atoms with van der Waals surface area (Å²) in [6.07, 6.45) is 7.26. The summed E-state index contributed by atoms with van der Waals surface area (Å²) in [4.78, 5) is 3.12. The number of hydrogen-bond acceptors (Lipinski definition) is 3. The Balaban J connectivity index is 1.88. The molecule has 2 nitrogen and oxygen atoms in total. The van der Waals surface area contributed by atoms with Crippen LogP contribution in [0.2, 0.25) is 0 Å². The molecular weight excluding hydrogens is 266 g/mol. The molecule has 2 N–H and O–H groups in total. The molecule has 0 radical (unpaired) electrons. The van der Waals surface area contributed by atoms with Crippen molar-refractivity contribution in [1.29, 1.82) is 0 Å². The molecule has 0 aromatic carbocycles. The van der Waals surface area contributed by atoms with E-state index in [1.54, 1.807) is 10.4 Å². The molecular formula is C17H29NOS. The Morgan fingerprint density at radius 1 is 1.35 bits per heavy atom. The third-order valence-electron chi connectivity index (χ3n) is 4.34. The predicted molar refractivity (Wildman–Crippen MR) is 87.5 cm³/mol. The van der Waals surface area contributed by atoms with Gasteiger partial charge in [-0.15, -0.1) is 11.3 Å². The summed E-state index contributed by atoms with van der Waals surface area (Å²) < 4.78 is 0. The molecule has 1 unspecified atom stereocenters. The van der Waals surface area contributed by atoms with Crippen LogP contribution in [0.5, 0.6) is 0 Å². The standard InChI is InChI=1S/C17H29NOS/c1-13(18-12-17(2,3)9-6-10-19)16-11-14-7-4-5-8-15(14)20-16/h11,13,18-19H,4-10,12H2,1-3H3.